The molecule has 8 nitrogen and oxygen atoms in total. The average molecular weight is 477 g/mol. The molecule has 0 aromatic carbocycles. The van der Waals surface area contributed by atoms with Crippen molar-refractivity contribution in [2.75, 3.05) is 44.2 Å². The fraction of sp³-hybridized carbons (Fsp3) is 0.565. The lowest BCUT2D eigenvalue weighted by Gasteiger charge is -2.36. The van der Waals surface area contributed by atoms with Crippen LogP contribution in [0.5, 0.6) is 0 Å². The Kier molecular flexibility index (Phi) is 6.05. The number of halogens is 3. The number of H-pyrrole nitrogens is 1. The smallest absolute Gasteiger partial charge is 0.353 e. The first-order valence-corrected chi connectivity index (χ1v) is 11.7. The Balaban J connectivity index is 1.19. The number of amides is 1. The van der Waals surface area contributed by atoms with Gasteiger partial charge in [-0.2, -0.15) is 18.3 Å². The Morgan fingerprint density at radius 1 is 1.09 bits per heavy atom. The van der Waals surface area contributed by atoms with Gasteiger partial charge in [0.25, 0.3) is 5.56 Å². The van der Waals surface area contributed by atoms with Crippen LogP contribution in [0, 0.1) is 0 Å². The highest BCUT2D eigenvalue weighted by molar-refractivity contribution is 5.78. The molecule has 1 atom stereocenters. The third-order valence-corrected chi connectivity index (χ3v) is 6.95. The summed E-state index contributed by atoms with van der Waals surface area (Å²) in [5, 5.41) is 5.81. The van der Waals surface area contributed by atoms with Crippen LogP contribution in [0.3, 0.4) is 0 Å². The Labute approximate surface area is 194 Å². The maximum Gasteiger partial charge on any atom is 0.421 e. The number of carbonyl (C=O) groups is 1. The number of carbonyl (C=O) groups excluding carboxylic acids is 1. The van der Waals surface area contributed by atoms with Gasteiger partial charge in [-0.05, 0) is 55.8 Å². The fourth-order valence-electron chi connectivity index (χ4n) is 4.85. The molecular weight excluding hydrogens is 449 g/mol. The molecule has 2 aromatic heterocycles. The van der Waals surface area contributed by atoms with Gasteiger partial charge in [0.05, 0.1) is 18.3 Å². The topological polar surface area (TPSA) is 85.4 Å². The van der Waals surface area contributed by atoms with Crippen LogP contribution in [0.2, 0.25) is 0 Å². The second kappa shape index (κ2) is 9.01. The van der Waals surface area contributed by atoms with Crippen LogP contribution in [-0.4, -0.2) is 70.2 Å². The molecule has 3 aliphatic rings. The van der Waals surface area contributed by atoms with Crippen LogP contribution < -0.4 is 10.5 Å². The Morgan fingerprint density at radius 2 is 1.85 bits per heavy atom. The number of aromatic nitrogens is 3. The van der Waals surface area contributed by atoms with Gasteiger partial charge < -0.3 is 9.80 Å². The van der Waals surface area contributed by atoms with Crippen LogP contribution in [0.1, 0.15) is 54.5 Å². The van der Waals surface area contributed by atoms with E-state index in [4.69, 9.17) is 0 Å². The highest BCUT2D eigenvalue weighted by Gasteiger charge is 2.37. The van der Waals surface area contributed by atoms with E-state index in [1.54, 1.807) is 4.90 Å². The monoisotopic (exact) mass is 476 g/mol. The molecular formula is C23H27F3N6O2. The van der Waals surface area contributed by atoms with Crippen LogP contribution in [0.25, 0.3) is 0 Å². The minimum atomic E-state index is -4.75. The van der Waals surface area contributed by atoms with Crippen LogP contribution in [0.4, 0.5) is 19.0 Å². The third-order valence-electron chi connectivity index (χ3n) is 6.95. The number of anilines is 1. The molecule has 4 heterocycles. The summed E-state index contributed by atoms with van der Waals surface area (Å²) < 4.78 is 39.4. The van der Waals surface area contributed by atoms with E-state index in [2.05, 4.69) is 21.0 Å². The van der Waals surface area contributed by atoms with Gasteiger partial charge in [-0.3, -0.25) is 14.5 Å². The van der Waals surface area contributed by atoms with Gasteiger partial charge in [-0.25, -0.2) is 10.1 Å². The molecule has 2 saturated heterocycles. The number of hydrogen-bond donors (Lipinski definition) is 1. The minimum absolute atomic E-state index is 0.0518. The maximum atomic E-state index is 13.1. The normalized spacial score (nSPS) is 21.8. The number of alkyl halides is 3. The highest BCUT2D eigenvalue weighted by atomic mass is 19.4. The molecule has 11 heteroatoms. The Bertz CT molecular complexity index is 1090. The van der Waals surface area contributed by atoms with Crippen molar-refractivity contribution in [3.63, 3.8) is 0 Å². The van der Waals surface area contributed by atoms with E-state index in [1.807, 2.05) is 22.3 Å². The third kappa shape index (κ3) is 4.79. The fourth-order valence-corrected chi connectivity index (χ4v) is 4.85. The first kappa shape index (κ1) is 22.8. The number of nitrogens with one attached hydrogen (secondary N) is 1. The standard InChI is InChI=1S/C23H27F3N6O2/c24-23(25,26)17-12-18(28-29-22(17)34)19-2-1-7-32(19)14-21(33)31-10-8-30(9-11-31)20-6-5-16(13-27-20)15-3-4-15/h5-6,12-13,15,19H,1-4,7-11,14H2,(H,29,34). The second-order valence-electron chi connectivity index (χ2n) is 9.25. The van der Waals surface area contributed by atoms with Gasteiger partial charge in [0.2, 0.25) is 5.91 Å². The quantitative estimate of drug-likeness (QED) is 0.714. The summed E-state index contributed by atoms with van der Waals surface area (Å²) in [5.74, 6) is 1.53. The number of aromatic amines is 1. The van der Waals surface area contributed by atoms with Crippen LogP contribution in [-0.2, 0) is 11.0 Å². The molecule has 3 fully saturated rings. The summed E-state index contributed by atoms with van der Waals surface area (Å²) in [7, 11) is 0. The maximum absolute atomic E-state index is 13.1. The second-order valence-corrected chi connectivity index (χ2v) is 9.25. The molecule has 0 radical (unpaired) electrons. The van der Waals surface area contributed by atoms with Crippen molar-refractivity contribution >= 4 is 11.7 Å². The number of hydrogen-bond acceptors (Lipinski definition) is 6. The van der Waals surface area contributed by atoms with Crippen molar-refractivity contribution in [2.24, 2.45) is 0 Å². The van der Waals surface area contributed by atoms with Gasteiger partial charge in [-0.15, -0.1) is 0 Å². The van der Waals surface area contributed by atoms with E-state index in [9.17, 15) is 22.8 Å². The lowest BCUT2D eigenvalue weighted by atomic mass is 10.1. The van der Waals surface area contributed by atoms with Gasteiger partial charge in [-0.1, -0.05) is 6.07 Å². The molecule has 1 aliphatic carbocycles. The van der Waals surface area contributed by atoms with Gasteiger partial charge in [0.15, 0.2) is 0 Å². The van der Waals surface area contributed by atoms with Crippen molar-refractivity contribution in [2.45, 2.75) is 43.8 Å². The van der Waals surface area contributed by atoms with Crippen molar-refractivity contribution < 1.29 is 18.0 Å². The molecule has 0 bridgehead atoms. The minimum Gasteiger partial charge on any atom is -0.353 e. The van der Waals surface area contributed by atoms with Crippen molar-refractivity contribution in [1.82, 2.24) is 25.0 Å². The van der Waals surface area contributed by atoms with E-state index in [-0.39, 0.29) is 18.1 Å². The van der Waals surface area contributed by atoms with E-state index in [1.165, 1.54) is 18.4 Å². The Hall–Kier alpha value is -2.95. The average Bonchev–Trinajstić information content (AvgIpc) is 3.58. The first-order valence-electron chi connectivity index (χ1n) is 11.7. The summed E-state index contributed by atoms with van der Waals surface area (Å²) in [5.41, 5.74) is -1.09. The lowest BCUT2D eigenvalue weighted by Crippen LogP contribution is -2.51. The summed E-state index contributed by atoms with van der Waals surface area (Å²) in [6.45, 7) is 3.21. The van der Waals surface area contributed by atoms with Crippen molar-refractivity contribution in [1.29, 1.82) is 0 Å². The molecule has 1 amide bonds. The van der Waals surface area contributed by atoms with Crippen molar-refractivity contribution in [3.05, 3.63) is 51.6 Å². The van der Waals surface area contributed by atoms with Gasteiger partial charge in [0.1, 0.15) is 11.4 Å². The zero-order valence-corrected chi connectivity index (χ0v) is 18.7. The SMILES string of the molecule is O=C(CN1CCCC1c1cc(C(F)(F)F)c(=O)[nH]n1)N1CCN(c2ccc(C3CC3)cn2)CC1. The highest BCUT2D eigenvalue weighted by Crippen LogP contribution is 2.40. The zero-order chi connectivity index (χ0) is 23.9. The molecule has 5 rings (SSSR count). The predicted molar refractivity (Wildman–Crippen MR) is 118 cm³/mol. The summed E-state index contributed by atoms with van der Waals surface area (Å²) in [6.07, 6.45) is 1.00. The number of rotatable bonds is 5. The van der Waals surface area contributed by atoms with Crippen LogP contribution >= 0.6 is 0 Å². The molecule has 34 heavy (non-hydrogen) atoms. The van der Waals surface area contributed by atoms with Gasteiger partial charge >= 0.3 is 6.18 Å². The predicted octanol–water partition coefficient (Wildman–Crippen LogP) is 2.55. The Morgan fingerprint density at radius 3 is 2.50 bits per heavy atom. The molecule has 182 valence electrons. The molecule has 0 spiro atoms. The van der Waals surface area contributed by atoms with E-state index >= 15 is 0 Å². The largest absolute Gasteiger partial charge is 0.421 e. The van der Waals surface area contributed by atoms with Crippen molar-refractivity contribution in [3.8, 4) is 0 Å². The zero-order valence-electron chi connectivity index (χ0n) is 18.7. The first-order chi connectivity index (χ1) is 16.3. The molecule has 1 unspecified atom stereocenters. The van der Waals surface area contributed by atoms with Gasteiger partial charge in [0, 0.05) is 32.4 Å². The number of likely N-dealkylation sites (tertiary alicyclic amines) is 1. The summed E-state index contributed by atoms with van der Waals surface area (Å²) >= 11 is 0. The number of piperazine rings is 1. The molecule has 1 saturated carbocycles. The molecule has 1 N–H and O–H groups in total. The van der Waals surface area contributed by atoms with E-state index < -0.39 is 23.3 Å². The molecule has 2 aliphatic heterocycles. The molecule has 2 aromatic rings. The van der Waals surface area contributed by atoms with E-state index in [0.29, 0.717) is 45.1 Å². The van der Waals surface area contributed by atoms with E-state index in [0.717, 1.165) is 18.3 Å². The van der Waals surface area contributed by atoms with Crippen LogP contribution in [0.15, 0.2) is 29.2 Å². The lowest BCUT2D eigenvalue weighted by molar-refractivity contribution is -0.139. The number of pyridine rings is 1. The number of nitrogens with zero attached hydrogens (tertiary/aromatic N) is 5. The summed E-state index contributed by atoms with van der Waals surface area (Å²) in [6, 6.07) is 4.57. The summed E-state index contributed by atoms with van der Waals surface area (Å²) in [4.78, 5) is 34.9.